The summed E-state index contributed by atoms with van der Waals surface area (Å²) < 4.78 is 0. The number of amides is 2. The Hall–Kier alpha value is -2.99. The van der Waals surface area contributed by atoms with Crippen LogP contribution >= 0.6 is 0 Å². The summed E-state index contributed by atoms with van der Waals surface area (Å²) in [4.78, 5) is 30.2. The summed E-state index contributed by atoms with van der Waals surface area (Å²) in [7, 11) is 0. The number of hydrogen-bond donors (Lipinski definition) is 2. The van der Waals surface area contributed by atoms with E-state index in [-0.39, 0.29) is 17.9 Å². The first-order valence-electron chi connectivity index (χ1n) is 10.1. The molecule has 2 aromatic rings. The number of aromatic nitrogens is 1. The van der Waals surface area contributed by atoms with Crippen molar-refractivity contribution in [3.05, 3.63) is 72.1 Å². The molecule has 1 aliphatic heterocycles. The van der Waals surface area contributed by atoms with Crippen LogP contribution < -0.4 is 11.1 Å². The van der Waals surface area contributed by atoms with E-state index >= 15 is 0 Å². The van der Waals surface area contributed by atoms with Crippen molar-refractivity contribution in [3.8, 4) is 0 Å². The second kappa shape index (κ2) is 8.57. The summed E-state index contributed by atoms with van der Waals surface area (Å²) in [6.07, 6.45) is 7.71. The van der Waals surface area contributed by atoms with Crippen LogP contribution in [0.1, 0.15) is 23.6 Å². The normalized spacial score (nSPS) is 24.2. The third kappa shape index (κ3) is 4.54. The van der Waals surface area contributed by atoms with E-state index < -0.39 is 0 Å². The molecule has 2 amide bonds. The number of fused-ring (bicyclic) bond motifs is 1. The van der Waals surface area contributed by atoms with Crippen LogP contribution in [0.3, 0.4) is 0 Å². The molecule has 0 bridgehead atoms. The van der Waals surface area contributed by atoms with Gasteiger partial charge in [0, 0.05) is 38.1 Å². The molecule has 1 aliphatic carbocycles. The molecule has 0 spiro atoms. The number of nitrogens with zero attached hydrogens (tertiary/aromatic N) is 2. The van der Waals surface area contributed by atoms with Crippen LogP contribution in [0.25, 0.3) is 6.08 Å². The Morgan fingerprint density at radius 1 is 1.17 bits per heavy atom. The maximum atomic E-state index is 12.0. The molecule has 6 nitrogen and oxygen atoms in total. The van der Waals surface area contributed by atoms with Crippen LogP contribution in [0.2, 0.25) is 0 Å². The van der Waals surface area contributed by atoms with Crippen LogP contribution in [-0.2, 0) is 9.59 Å². The van der Waals surface area contributed by atoms with Gasteiger partial charge in [0.05, 0.1) is 0 Å². The van der Waals surface area contributed by atoms with Crippen LogP contribution in [0, 0.1) is 17.8 Å². The maximum absolute atomic E-state index is 12.0. The van der Waals surface area contributed by atoms with Gasteiger partial charge in [-0.3, -0.25) is 19.5 Å². The first-order valence-corrected chi connectivity index (χ1v) is 10.1. The van der Waals surface area contributed by atoms with E-state index in [1.165, 1.54) is 0 Å². The lowest BCUT2D eigenvalue weighted by atomic mass is 10.0. The Morgan fingerprint density at radius 3 is 2.59 bits per heavy atom. The van der Waals surface area contributed by atoms with E-state index in [1.54, 1.807) is 24.5 Å². The highest BCUT2D eigenvalue weighted by atomic mass is 16.2. The summed E-state index contributed by atoms with van der Waals surface area (Å²) in [6, 6.07) is 13.2. The summed E-state index contributed by atoms with van der Waals surface area (Å²) in [5.41, 5.74) is 7.56. The molecule has 1 aromatic heterocycles. The Balaban J connectivity index is 1.21. The number of likely N-dealkylation sites (tertiary alicyclic amines) is 1. The smallest absolute Gasteiger partial charge is 0.244 e. The van der Waals surface area contributed by atoms with Crippen LogP contribution in [-0.4, -0.2) is 41.3 Å². The van der Waals surface area contributed by atoms with Gasteiger partial charge in [0.1, 0.15) is 6.04 Å². The molecule has 150 valence electrons. The van der Waals surface area contributed by atoms with E-state index in [9.17, 15) is 9.59 Å². The predicted molar refractivity (Wildman–Crippen MR) is 111 cm³/mol. The van der Waals surface area contributed by atoms with Gasteiger partial charge in [-0.05, 0) is 47.4 Å². The minimum absolute atomic E-state index is 0.0841. The number of primary amides is 1. The molecule has 3 N–H and O–H groups in total. The van der Waals surface area contributed by atoms with Gasteiger partial charge in [0.2, 0.25) is 11.8 Å². The molecule has 6 heteroatoms. The molecule has 1 aromatic carbocycles. The Morgan fingerprint density at radius 2 is 1.93 bits per heavy atom. The van der Waals surface area contributed by atoms with Gasteiger partial charge < -0.3 is 11.1 Å². The van der Waals surface area contributed by atoms with E-state index in [0.29, 0.717) is 24.3 Å². The lowest BCUT2D eigenvalue weighted by Gasteiger charge is -2.27. The Labute approximate surface area is 170 Å². The molecular weight excluding hydrogens is 364 g/mol. The molecule has 2 heterocycles. The van der Waals surface area contributed by atoms with E-state index in [2.05, 4.69) is 15.2 Å². The number of nitrogens with one attached hydrogen (secondary N) is 1. The molecular formula is C23H26N4O2. The standard InChI is InChI=1S/C23H26N4O2/c24-23(29)22(17-6-2-1-3-7-17)27-14-19-18(20(19)15-27)10-12-26-21(28)9-8-16-5-4-11-25-13-16/h1-9,11,13,18-20,22H,10,12,14-15H2,(H2,24,29)(H,26,28)/b9-8+/t18?,19-,20?,22?/m0/s1. The monoisotopic (exact) mass is 390 g/mol. The predicted octanol–water partition coefficient (Wildman–Crippen LogP) is 2.01. The van der Waals surface area contributed by atoms with Crippen molar-refractivity contribution < 1.29 is 9.59 Å². The minimum Gasteiger partial charge on any atom is -0.368 e. The summed E-state index contributed by atoms with van der Waals surface area (Å²) >= 11 is 0. The van der Waals surface area contributed by atoms with Crippen molar-refractivity contribution in [1.82, 2.24) is 15.2 Å². The minimum atomic E-state index is -0.345. The lowest BCUT2D eigenvalue weighted by molar-refractivity contribution is -0.123. The number of carbonyl (C=O) groups excluding carboxylic acids is 2. The number of rotatable bonds is 8. The summed E-state index contributed by atoms with van der Waals surface area (Å²) in [5, 5.41) is 2.96. The van der Waals surface area contributed by atoms with Gasteiger partial charge in [-0.25, -0.2) is 0 Å². The molecule has 2 fully saturated rings. The van der Waals surface area contributed by atoms with Crippen molar-refractivity contribution in [2.24, 2.45) is 23.5 Å². The number of piperidine rings is 1. The average molecular weight is 390 g/mol. The van der Waals surface area contributed by atoms with Gasteiger partial charge in [-0.2, -0.15) is 0 Å². The van der Waals surface area contributed by atoms with E-state index in [0.717, 1.165) is 30.6 Å². The fraction of sp³-hybridized carbons (Fsp3) is 0.348. The molecule has 1 saturated heterocycles. The number of benzene rings is 1. The van der Waals surface area contributed by atoms with Gasteiger partial charge in [0.15, 0.2) is 0 Å². The van der Waals surface area contributed by atoms with Crippen LogP contribution in [0.5, 0.6) is 0 Å². The molecule has 4 atom stereocenters. The first kappa shape index (κ1) is 19.3. The zero-order valence-electron chi connectivity index (χ0n) is 16.3. The van der Waals surface area contributed by atoms with Crippen LogP contribution in [0.15, 0.2) is 60.9 Å². The summed E-state index contributed by atoms with van der Waals surface area (Å²) in [6.45, 7) is 2.46. The van der Waals surface area contributed by atoms with Crippen molar-refractivity contribution >= 4 is 17.9 Å². The van der Waals surface area contributed by atoms with Crippen molar-refractivity contribution in [1.29, 1.82) is 0 Å². The number of nitrogens with two attached hydrogens (primary N) is 1. The maximum Gasteiger partial charge on any atom is 0.244 e. The molecule has 3 unspecified atom stereocenters. The quantitative estimate of drug-likeness (QED) is 0.675. The van der Waals surface area contributed by atoms with Gasteiger partial charge in [-0.1, -0.05) is 36.4 Å². The zero-order valence-corrected chi connectivity index (χ0v) is 16.3. The molecule has 29 heavy (non-hydrogen) atoms. The second-order valence-electron chi connectivity index (χ2n) is 7.86. The SMILES string of the molecule is NC(=O)C(c1ccccc1)N1CC2C(CCNC(=O)/C=C/c3cccnc3)[C@@H]2C1. The number of hydrogen-bond acceptors (Lipinski definition) is 4. The summed E-state index contributed by atoms with van der Waals surface area (Å²) in [5.74, 6) is 1.45. The van der Waals surface area contributed by atoms with Crippen LogP contribution in [0.4, 0.5) is 0 Å². The third-order valence-electron chi connectivity index (χ3n) is 6.04. The topological polar surface area (TPSA) is 88.3 Å². The molecule has 1 saturated carbocycles. The van der Waals surface area contributed by atoms with Crippen molar-refractivity contribution in [3.63, 3.8) is 0 Å². The molecule has 0 radical (unpaired) electrons. The van der Waals surface area contributed by atoms with Gasteiger partial charge >= 0.3 is 0 Å². The Kier molecular flexibility index (Phi) is 5.71. The van der Waals surface area contributed by atoms with Crippen molar-refractivity contribution in [2.75, 3.05) is 19.6 Å². The first-order chi connectivity index (χ1) is 14.1. The highest BCUT2D eigenvalue weighted by molar-refractivity contribution is 5.91. The second-order valence-corrected chi connectivity index (χ2v) is 7.86. The van der Waals surface area contributed by atoms with E-state index in [4.69, 9.17) is 5.73 Å². The lowest BCUT2D eigenvalue weighted by Crippen LogP contribution is -2.38. The number of carbonyl (C=O) groups is 2. The largest absolute Gasteiger partial charge is 0.368 e. The highest BCUT2D eigenvalue weighted by Crippen LogP contribution is 2.54. The zero-order chi connectivity index (χ0) is 20.2. The Bertz CT molecular complexity index is 872. The van der Waals surface area contributed by atoms with Gasteiger partial charge in [0.25, 0.3) is 0 Å². The average Bonchev–Trinajstić information content (AvgIpc) is 3.17. The fourth-order valence-electron chi connectivity index (χ4n) is 4.58. The fourth-order valence-corrected chi connectivity index (χ4v) is 4.58. The third-order valence-corrected chi connectivity index (χ3v) is 6.04. The molecule has 4 rings (SSSR count). The highest BCUT2D eigenvalue weighted by Gasteiger charge is 2.56. The van der Waals surface area contributed by atoms with Gasteiger partial charge in [-0.15, -0.1) is 0 Å². The number of pyridine rings is 1. The van der Waals surface area contributed by atoms with E-state index in [1.807, 2.05) is 42.5 Å². The molecule has 2 aliphatic rings. The van der Waals surface area contributed by atoms with Crippen molar-refractivity contribution in [2.45, 2.75) is 12.5 Å².